The van der Waals surface area contributed by atoms with Gasteiger partial charge in [0.1, 0.15) is 0 Å². The lowest BCUT2D eigenvalue weighted by Gasteiger charge is -2.14. The molecule has 0 aromatic heterocycles. The first-order chi connectivity index (χ1) is 12.0. The van der Waals surface area contributed by atoms with Crippen molar-refractivity contribution in [1.29, 1.82) is 0 Å². The van der Waals surface area contributed by atoms with Crippen molar-refractivity contribution in [3.63, 3.8) is 0 Å². The molecule has 1 N–H and O–H groups in total. The molecule has 4 nitrogen and oxygen atoms in total. The van der Waals surface area contributed by atoms with Gasteiger partial charge in [-0.1, -0.05) is 34.1 Å². The minimum Gasteiger partial charge on any atom is -0.377 e. The summed E-state index contributed by atoms with van der Waals surface area (Å²) in [6.07, 6.45) is 1.64. The van der Waals surface area contributed by atoms with Crippen molar-refractivity contribution in [3.05, 3.63) is 62.5 Å². The molecule has 2 aromatic carbocycles. The van der Waals surface area contributed by atoms with Crippen molar-refractivity contribution < 1.29 is 4.79 Å². The second-order valence-corrected chi connectivity index (χ2v) is 8.28. The molecule has 0 aliphatic rings. The van der Waals surface area contributed by atoms with Gasteiger partial charge >= 0.3 is 0 Å². The number of hydrogen-bond acceptors (Lipinski definition) is 4. The fourth-order valence-electron chi connectivity index (χ4n) is 2.07. The Balaban J connectivity index is 1.77. The lowest BCUT2D eigenvalue weighted by molar-refractivity contribution is -0.118. The number of nitrogens with zero attached hydrogens (tertiary/aromatic N) is 2. The number of benzene rings is 2. The largest absolute Gasteiger partial charge is 0.377 e. The fraction of sp³-hybridized carbons (Fsp3) is 0.222. The molecular weight excluding hydrogens is 466 g/mol. The molecule has 25 heavy (non-hydrogen) atoms. The molecule has 0 atom stereocenters. The van der Waals surface area contributed by atoms with Crippen LogP contribution < -0.4 is 10.3 Å². The Morgan fingerprint density at radius 3 is 2.72 bits per heavy atom. The van der Waals surface area contributed by atoms with E-state index in [1.807, 2.05) is 55.4 Å². The van der Waals surface area contributed by atoms with E-state index < -0.39 is 0 Å². The number of anilines is 1. The zero-order valence-electron chi connectivity index (χ0n) is 14.0. The summed E-state index contributed by atoms with van der Waals surface area (Å²) in [4.78, 5) is 13.9. The van der Waals surface area contributed by atoms with Crippen LogP contribution in [0.25, 0.3) is 0 Å². The minimum atomic E-state index is -0.111. The Bertz CT molecular complexity index is 766. The third kappa shape index (κ3) is 6.84. The zero-order chi connectivity index (χ0) is 18.2. The number of hydrogen-bond donors (Lipinski definition) is 1. The molecule has 0 heterocycles. The van der Waals surface area contributed by atoms with E-state index in [2.05, 4.69) is 48.5 Å². The number of carbonyl (C=O) groups excluding carboxylic acids is 1. The van der Waals surface area contributed by atoms with E-state index in [0.717, 1.165) is 25.9 Å². The number of amides is 1. The maximum absolute atomic E-state index is 11.8. The van der Waals surface area contributed by atoms with Gasteiger partial charge in [-0.2, -0.15) is 5.10 Å². The van der Waals surface area contributed by atoms with Crippen molar-refractivity contribution in [2.24, 2.45) is 5.10 Å². The molecule has 2 aromatic rings. The van der Waals surface area contributed by atoms with Crippen molar-refractivity contribution in [1.82, 2.24) is 5.43 Å². The van der Waals surface area contributed by atoms with E-state index in [-0.39, 0.29) is 5.91 Å². The highest BCUT2D eigenvalue weighted by molar-refractivity contribution is 9.10. The van der Waals surface area contributed by atoms with Gasteiger partial charge in [0.15, 0.2) is 0 Å². The molecular formula is C18H19Br2N3OS. The lowest BCUT2D eigenvalue weighted by atomic mass is 10.2. The van der Waals surface area contributed by atoms with E-state index >= 15 is 0 Å². The van der Waals surface area contributed by atoms with Gasteiger partial charge in [0.2, 0.25) is 5.91 Å². The highest BCUT2D eigenvalue weighted by Gasteiger charge is 2.03. The van der Waals surface area contributed by atoms with E-state index in [1.165, 1.54) is 5.56 Å². The van der Waals surface area contributed by atoms with Crippen LogP contribution in [-0.2, 0) is 10.5 Å². The van der Waals surface area contributed by atoms with E-state index in [1.54, 1.807) is 18.0 Å². The average molecular weight is 485 g/mol. The Hall–Kier alpha value is -1.31. The Morgan fingerprint density at radius 1 is 1.24 bits per heavy atom. The van der Waals surface area contributed by atoms with Gasteiger partial charge in [0, 0.05) is 28.8 Å². The van der Waals surface area contributed by atoms with Crippen LogP contribution in [0.1, 0.15) is 11.1 Å². The van der Waals surface area contributed by atoms with E-state index in [4.69, 9.17) is 0 Å². The first-order valence-corrected chi connectivity index (χ1v) is 10.3. The number of nitrogens with one attached hydrogen (secondary N) is 1. The number of rotatable bonds is 7. The molecule has 132 valence electrons. The van der Waals surface area contributed by atoms with Gasteiger partial charge in [-0.15, -0.1) is 11.8 Å². The summed E-state index contributed by atoms with van der Waals surface area (Å²) in [5.74, 6) is 1.04. The summed E-state index contributed by atoms with van der Waals surface area (Å²) in [6.45, 7) is 0. The summed E-state index contributed by atoms with van der Waals surface area (Å²) in [7, 11) is 3.97. The average Bonchev–Trinajstić information content (AvgIpc) is 2.54. The van der Waals surface area contributed by atoms with Crippen LogP contribution in [0.4, 0.5) is 5.69 Å². The first-order valence-electron chi connectivity index (χ1n) is 7.56. The van der Waals surface area contributed by atoms with Crippen LogP contribution in [0, 0.1) is 0 Å². The quantitative estimate of drug-likeness (QED) is 0.459. The number of thioether (sulfide) groups is 1. The summed E-state index contributed by atoms with van der Waals surface area (Å²) >= 11 is 8.53. The van der Waals surface area contributed by atoms with Gasteiger partial charge in [0.05, 0.1) is 17.7 Å². The third-order valence-corrected chi connectivity index (χ3v) is 5.38. The maximum Gasteiger partial charge on any atom is 0.250 e. The van der Waals surface area contributed by atoms with Crippen LogP contribution in [0.5, 0.6) is 0 Å². The standard InChI is InChI=1S/C18H19Br2N3OS/c1-23(2)17-7-6-13(9-16(17)20)10-21-22-18(24)12-25-11-14-4-3-5-15(19)8-14/h3-10H,11-12H2,1-2H3,(H,22,24)/b21-10-. The molecule has 0 spiro atoms. The Kier molecular flexibility index (Phi) is 7.99. The number of halogens is 2. The van der Waals surface area contributed by atoms with Crippen LogP contribution in [0.3, 0.4) is 0 Å². The fourth-order valence-corrected chi connectivity index (χ4v) is 4.03. The van der Waals surface area contributed by atoms with Crippen molar-refractivity contribution >= 4 is 61.4 Å². The molecule has 0 unspecified atom stereocenters. The van der Waals surface area contributed by atoms with Gasteiger partial charge in [-0.3, -0.25) is 4.79 Å². The second-order valence-electron chi connectivity index (χ2n) is 5.52. The predicted octanol–water partition coefficient (Wildman–Crippen LogP) is 4.66. The summed E-state index contributed by atoms with van der Waals surface area (Å²) < 4.78 is 2.03. The smallest absolute Gasteiger partial charge is 0.250 e. The molecule has 0 aliphatic carbocycles. The molecule has 0 fully saturated rings. The second kappa shape index (κ2) is 9.99. The minimum absolute atomic E-state index is 0.111. The molecule has 0 aliphatic heterocycles. The first kappa shape index (κ1) is 20.0. The molecule has 0 saturated carbocycles. The predicted molar refractivity (Wildman–Crippen MR) is 115 cm³/mol. The normalized spacial score (nSPS) is 10.9. The zero-order valence-corrected chi connectivity index (χ0v) is 18.0. The van der Waals surface area contributed by atoms with Crippen LogP contribution in [-0.4, -0.2) is 32.0 Å². The van der Waals surface area contributed by atoms with Gasteiger partial charge in [-0.25, -0.2) is 5.43 Å². The van der Waals surface area contributed by atoms with Crippen molar-refractivity contribution in [3.8, 4) is 0 Å². The van der Waals surface area contributed by atoms with E-state index in [9.17, 15) is 4.79 Å². The monoisotopic (exact) mass is 483 g/mol. The van der Waals surface area contributed by atoms with Gasteiger partial charge in [-0.05, 0) is 51.3 Å². The molecule has 7 heteroatoms. The number of hydrazone groups is 1. The maximum atomic E-state index is 11.8. The van der Waals surface area contributed by atoms with Crippen molar-refractivity contribution in [2.45, 2.75) is 5.75 Å². The molecule has 0 bridgehead atoms. The highest BCUT2D eigenvalue weighted by Crippen LogP contribution is 2.25. The van der Waals surface area contributed by atoms with Crippen LogP contribution >= 0.6 is 43.6 Å². The summed E-state index contributed by atoms with van der Waals surface area (Å²) in [5.41, 5.74) is 5.75. The Morgan fingerprint density at radius 2 is 2.04 bits per heavy atom. The lowest BCUT2D eigenvalue weighted by Crippen LogP contribution is -2.19. The van der Waals surface area contributed by atoms with E-state index in [0.29, 0.717) is 5.75 Å². The van der Waals surface area contributed by atoms with Crippen LogP contribution in [0.2, 0.25) is 0 Å². The molecule has 0 saturated heterocycles. The summed E-state index contributed by atoms with van der Waals surface area (Å²) in [6, 6.07) is 14.0. The summed E-state index contributed by atoms with van der Waals surface area (Å²) in [5, 5.41) is 4.02. The molecule has 1 amide bonds. The SMILES string of the molecule is CN(C)c1ccc(/C=N\NC(=O)CSCc2cccc(Br)c2)cc1Br. The topological polar surface area (TPSA) is 44.7 Å². The third-order valence-electron chi connectivity index (χ3n) is 3.25. The van der Waals surface area contributed by atoms with Gasteiger partial charge in [0.25, 0.3) is 0 Å². The van der Waals surface area contributed by atoms with Gasteiger partial charge < -0.3 is 4.90 Å². The molecule has 2 rings (SSSR count). The number of carbonyl (C=O) groups is 1. The van der Waals surface area contributed by atoms with Crippen molar-refractivity contribution in [2.75, 3.05) is 24.7 Å². The highest BCUT2D eigenvalue weighted by atomic mass is 79.9. The molecule has 0 radical (unpaired) electrons. The van der Waals surface area contributed by atoms with Crippen LogP contribution in [0.15, 0.2) is 56.5 Å². The Labute approximate surface area is 169 Å².